The minimum absolute atomic E-state index is 0.0606. The molecule has 6 heteroatoms. The molecule has 0 fully saturated rings. The van der Waals surface area contributed by atoms with Crippen molar-refractivity contribution in [2.45, 2.75) is 26.4 Å². The second kappa shape index (κ2) is 7.98. The predicted octanol–water partition coefficient (Wildman–Crippen LogP) is 4.25. The van der Waals surface area contributed by atoms with Crippen LogP contribution in [0.2, 0.25) is 5.02 Å². The van der Waals surface area contributed by atoms with E-state index in [1.165, 1.54) is 11.1 Å². The summed E-state index contributed by atoms with van der Waals surface area (Å²) in [6, 6.07) is 17.6. The summed E-state index contributed by atoms with van der Waals surface area (Å²) in [6.07, 6.45) is 0.869. The van der Waals surface area contributed by atoms with Crippen molar-refractivity contribution in [2.75, 3.05) is 11.9 Å². The molecular weight excluding hydrogens is 372 g/mol. The number of hydrogen-bond acceptors (Lipinski definition) is 4. The van der Waals surface area contributed by atoms with E-state index in [4.69, 9.17) is 11.6 Å². The van der Waals surface area contributed by atoms with E-state index in [1.54, 1.807) is 6.07 Å². The van der Waals surface area contributed by atoms with E-state index in [0.717, 1.165) is 17.7 Å². The van der Waals surface area contributed by atoms with Gasteiger partial charge in [0.05, 0.1) is 0 Å². The summed E-state index contributed by atoms with van der Waals surface area (Å²) in [5.41, 5.74) is 4.76. The van der Waals surface area contributed by atoms with Crippen LogP contribution in [0.1, 0.15) is 32.9 Å². The summed E-state index contributed by atoms with van der Waals surface area (Å²) in [6.45, 7) is 3.75. The van der Waals surface area contributed by atoms with Gasteiger partial charge in [-0.1, -0.05) is 48.0 Å². The van der Waals surface area contributed by atoms with Gasteiger partial charge in [0.25, 0.3) is 5.91 Å². The van der Waals surface area contributed by atoms with Crippen LogP contribution >= 0.6 is 11.6 Å². The second-order valence-corrected chi connectivity index (χ2v) is 7.38. The van der Waals surface area contributed by atoms with Crippen molar-refractivity contribution in [3.63, 3.8) is 0 Å². The lowest BCUT2D eigenvalue weighted by atomic mass is 10.00. The molecule has 1 aromatic heterocycles. The van der Waals surface area contributed by atoms with E-state index in [2.05, 4.69) is 27.4 Å². The highest BCUT2D eigenvalue weighted by Crippen LogP contribution is 2.20. The SMILES string of the molecule is Cc1cc(C(=O)N2CCc3ccccc3C2)nc(NCc2ccc(Cl)cc2)n1. The highest BCUT2D eigenvalue weighted by molar-refractivity contribution is 6.30. The lowest BCUT2D eigenvalue weighted by Gasteiger charge is -2.28. The Morgan fingerprint density at radius 2 is 1.86 bits per heavy atom. The molecular formula is C22H21ClN4O. The molecule has 28 heavy (non-hydrogen) atoms. The molecule has 0 spiro atoms. The van der Waals surface area contributed by atoms with E-state index in [-0.39, 0.29) is 5.91 Å². The Kier molecular flexibility index (Phi) is 5.26. The molecule has 0 bridgehead atoms. The first-order valence-electron chi connectivity index (χ1n) is 9.28. The molecule has 0 aliphatic carbocycles. The number of anilines is 1. The average Bonchev–Trinajstić information content (AvgIpc) is 2.72. The van der Waals surface area contributed by atoms with Gasteiger partial charge in [0, 0.05) is 30.4 Å². The summed E-state index contributed by atoms with van der Waals surface area (Å²) in [4.78, 5) is 23.7. The van der Waals surface area contributed by atoms with E-state index in [1.807, 2.05) is 48.2 Å². The van der Waals surface area contributed by atoms with E-state index in [0.29, 0.717) is 36.3 Å². The predicted molar refractivity (Wildman–Crippen MR) is 110 cm³/mol. The Morgan fingerprint density at radius 1 is 1.11 bits per heavy atom. The lowest BCUT2D eigenvalue weighted by molar-refractivity contribution is 0.0728. The van der Waals surface area contributed by atoms with Gasteiger partial charge in [-0.25, -0.2) is 9.97 Å². The highest BCUT2D eigenvalue weighted by Gasteiger charge is 2.23. The standard InChI is InChI=1S/C22H21ClN4O/c1-15-12-20(21(28)27-11-10-17-4-2-3-5-18(17)14-27)26-22(25-15)24-13-16-6-8-19(23)9-7-16/h2-9,12H,10-11,13-14H2,1H3,(H,24,25,26). The third-order valence-corrected chi connectivity index (χ3v) is 5.11. The van der Waals surface area contributed by atoms with E-state index < -0.39 is 0 Å². The Hall–Kier alpha value is -2.92. The van der Waals surface area contributed by atoms with Gasteiger partial charge in [-0.2, -0.15) is 0 Å². The van der Waals surface area contributed by atoms with Gasteiger partial charge in [0.15, 0.2) is 0 Å². The van der Waals surface area contributed by atoms with Crippen LogP contribution in [-0.4, -0.2) is 27.3 Å². The molecule has 3 aromatic rings. The highest BCUT2D eigenvalue weighted by atomic mass is 35.5. The molecule has 2 aromatic carbocycles. The van der Waals surface area contributed by atoms with Crippen molar-refractivity contribution in [2.24, 2.45) is 0 Å². The first kappa shape index (κ1) is 18.4. The fraction of sp³-hybridized carbons (Fsp3) is 0.227. The van der Waals surface area contributed by atoms with Gasteiger partial charge in [-0.3, -0.25) is 4.79 Å². The number of amides is 1. The van der Waals surface area contributed by atoms with Gasteiger partial charge in [0.2, 0.25) is 5.95 Å². The summed E-state index contributed by atoms with van der Waals surface area (Å²) in [5.74, 6) is 0.394. The zero-order chi connectivity index (χ0) is 19.5. The van der Waals surface area contributed by atoms with Gasteiger partial charge >= 0.3 is 0 Å². The maximum absolute atomic E-state index is 13.0. The third kappa shape index (κ3) is 4.15. The molecule has 4 rings (SSSR count). The van der Waals surface area contributed by atoms with Gasteiger partial charge in [0.1, 0.15) is 5.69 Å². The maximum Gasteiger partial charge on any atom is 0.272 e. The van der Waals surface area contributed by atoms with Gasteiger partial charge in [-0.15, -0.1) is 0 Å². The average molecular weight is 393 g/mol. The summed E-state index contributed by atoms with van der Waals surface area (Å²) < 4.78 is 0. The smallest absolute Gasteiger partial charge is 0.272 e. The van der Waals surface area contributed by atoms with Crippen molar-refractivity contribution in [3.05, 3.63) is 87.7 Å². The molecule has 0 unspecified atom stereocenters. The van der Waals surface area contributed by atoms with Crippen LogP contribution in [0.15, 0.2) is 54.6 Å². The largest absolute Gasteiger partial charge is 0.350 e. The number of aryl methyl sites for hydroxylation is 1. The van der Waals surface area contributed by atoms with Crippen molar-refractivity contribution in [1.82, 2.24) is 14.9 Å². The van der Waals surface area contributed by atoms with Crippen LogP contribution in [0, 0.1) is 6.92 Å². The van der Waals surface area contributed by atoms with E-state index in [9.17, 15) is 4.79 Å². The lowest BCUT2D eigenvalue weighted by Crippen LogP contribution is -2.36. The van der Waals surface area contributed by atoms with Crippen molar-refractivity contribution >= 4 is 23.5 Å². The van der Waals surface area contributed by atoms with Gasteiger partial charge < -0.3 is 10.2 Å². The Morgan fingerprint density at radius 3 is 2.64 bits per heavy atom. The summed E-state index contributed by atoms with van der Waals surface area (Å²) >= 11 is 5.92. The van der Waals surface area contributed by atoms with Crippen LogP contribution in [0.25, 0.3) is 0 Å². The number of fused-ring (bicyclic) bond motifs is 1. The van der Waals surface area contributed by atoms with Crippen LogP contribution in [0.3, 0.4) is 0 Å². The van der Waals surface area contributed by atoms with E-state index >= 15 is 0 Å². The van der Waals surface area contributed by atoms with Crippen LogP contribution in [0.5, 0.6) is 0 Å². The summed E-state index contributed by atoms with van der Waals surface area (Å²) in [7, 11) is 0. The molecule has 2 heterocycles. The van der Waals surface area contributed by atoms with Crippen LogP contribution in [0.4, 0.5) is 5.95 Å². The number of nitrogens with zero attached hydrogens (tertiary/aromatic N) is 3. The molecule has 0 atom stereocenters. The molecule has 142 valence electrons. The molecule has 1 aliphatic heterocycles. The number of nitrogens with one attached hydrogen (secondary N) is 1. The zero-order valence-corrected chi connectivity index (χ0v) is 16.4. The number of halogens is 1. The van der Waals surface area contributed by atoms with Crippen molar-refractivity contribution in [1.29, 1.82) is 0 Å². The number of carbonyl (C=O) groups excluding carboxylic acids is 1. The molecule has 0 saturated carbocycles. The molecule has 5 nitrogen and oxygen atoms in total. The molecule has 0 radical (unpaired) electrons. The fourth-order valence-corrected chi connectivity index (χ4v) is 3.50. The minimum Gasteiger partial charge on any atom is -0.350 e. The minimum atomic E-state index is -0.0606. The van der Waals surface area contributed by atoms with Gasteiger partial charge in [-0.05, 0) is 48.2 Å². The van der Waals surface area contributed by atoms with Crippen LogP contribution in [-0.2, 0) is 19.5 Å². The Bertz CT molecular complexity index is 1000. The fourth-order valence-electron chi connectivity index (χ4n) is 3.37. The molecule has 1 aliphatic rings. The summed E-state index contributed by atoms with van der Waals surface area (Å²) in [5, 5.41) is 3.90. The van der Waals surface area contributed by atoms with Crippen molar-refractivity contribution < 1.29 is 4.79 Å². The number of benzene rings is 2. The topological polar surface area (TPSA) is 58.1 Å². The number of rotatable bonds is 4. The molecule has 0 saturated heterocycles. The maximum atomic E-state index is 13.0. The normalized spacial score (nSPS) is 13.1. The third-order valence-electron chi connectivity index (χ3n) is 4.86. The second-order valence-electron chi connectivity index (χ2n) is 6.94. The Labute approximate surface area is 169 Å². The number of aromatic nitrogens is 2. The molecule has 1 amide bonds. The first-order chi connectivity index (χ1) is 13.6. The molecule has 1 N–H and O–H groups in total. The van der Waals surface area contributed by atoms with Crippen LogP contribution < -0.4 is 5.32 Å². The number of carbonyl (C=O) groups is 1. The first-order valence-corrected chi connectivity index (χ1v) is 9.66. The number of hydrogen-bond donors (Lipinski definition) is 1. The Balaban J connectivity index is 1.49. The van der Waals surface area contributed by atoms with Crippen molar-refractivity contribution in [3.8, 4) is 0 Å². The zero-order valence-electron chi connectivity index (χ0n) is 15.7. The monoisotopic (exact) mass is 392 g/mol. The quantitative estimate of drug-likeness (QED) is 0.721.